The van der Waals surface area contributed by atoms with Crippen LogP contribution in [0.4, 0.5) is 11.4 Å². The zero-order valence-electron chi connectivity index (χ0n) is 13.2. The van der Waals surface area contributed by atoms with Crippen molar-refractivity contribution >= 4 is 23.2 Å². The first-order chi connectivity index (χ1) is 11.2. The molecule has 122 valence electrons. The normalized spacial score (nSPS) is 28.9. The highest BCUT2D eigenvalue weighted by molar-refractivity contribution is 5.95. The van der Waals surface area contributed by atoms with Gasteiger partial charge in [-0.25, -0.2) is 0 Å². The molecule has 0 spiro atoms. The van der Waals surface area contributed by atoms with Crippen LogP contribution in [0.15, 0.2) is 18.2 Å². The van der Waals surface area contributed by atoms with Gasteiger partial charge in [0, 0.05) is 36.3 Å². The molecule has 3 N–H and O–H groups in total. The molecule has 2 fully saturated rings. The average Bonchev–Trinajstić information content (AvgIpc) is 2.86. The molecule has 2 unspecified atom stereocenters. The highest BCUT2D eigenvalue weighted by atomic mass is 16.2. The number of benzene rings is 1. The van der Waals surface area contributed by atoms with Crippen molar-refractivity contribution < 1.29 is 9.59 Å². The predicted molar refractivity (Wildman–Crippen MR) is 89.3 cm³/mol. The molecular weight excluding hydrogens is 290 g/mol. The highest BCUT2D eigenvalue weighted by Gasteiger charge is 2.34. The van der Waals surface area contributed by atoms with Crippen molar-refractivity contribution in [3.05, 3.63) is 23.8 Å². The van der Waals surface area contributed by atoms with Gasteiger partial charge in [-0.3, -0.25) is 9.59 Å². The third kappa shape index (κ3) is 3.24. The van der Waals surface area contributed by atoms with E-state index in [9.17, 15) is 9.59 Å². The quantitative estimate of drug-likeness (QED) is 0.802. The van der Waals surface area contributed by atoms with Crippen LogP contribution in [0.25, 0.3) is 0 Å². The van der Waals surface area contributed by atoms with E-state index in [0.717, 1.165) is 36.2 Å². The molecule has 1 aromatic carbocycles. The maximum atomic E-state index is 12.3. The van der Waals surface area contributed by atoms with E-state index in [2.05, 4.69) is 16.0 Å². The van der Waals surface area contributed by atoms with Gasteiger partial charge in [0.05, 0.1) is 0 Å². The fourth-order valence-electron chi connectivity index (χ4n) is 4.28. The van der Waals surface area contributed by atoms with Crippen LogP contribution in [0.2, 0.25) is 0 Å². The van der Waals surface area contributed by atoms with Crippen molar-refractivity contribution in [1.82, 2.24) is 5.32 Å². The molecule has 2 bridgehead atoms. The number of anilines is 2. The summed E-state index contributed by atoms with van der Waals surface area (Å²) in [4.78, 5) is 23.7. The lowest BCUT2D eigenvalue weighted by Crippen LogP contribution is -2.39. The van der Waals surface area contributed by atoms with Gasteiger partial charge in [-0.2, -0.15) is 0 Å². The Bertz CT molecular complexity index is 631. The van der Waals surface area contributed by atoms with Gasteiger partial charge in [-0.05, 0) is 61.8 Å². The number of carbonyl (C=O) groups is 2. The lowest BCUT2D eigenvalue weighted by Gasteiger charge is -2.28. The topological polar surface area (TPSA) is 70.2 Å². The lowest BCUT2D eigenvalue weighted by atomic mass is 9.89. The Hall–Kier alpha value is -1.88. The smallest absolute Gasteiger partial charge is 0.224 e. The molecule has 2 saturated heterocycles. The number of nitrogens with one attached hydrogen (secondary N) is 3. The van der Waals surface area contributed by atoms with Crippen LogP contribution in [0.5, 0.6) is 0 Å². The van der Waals surface area contributed by atoms with Crippen molar-refractivity contribution in [3.63, 3.8) is 0 Å². The molecule has 2 atom stereocenters. The first-order valence-electron chi connectivity index (χ1n) is 8.64. The van der Waals surface area contributed by atoms with Crippen LogP contribution in [0.1, 0.15) is 44.1 Å². The fraction of sp³-hybridized carbons (Fsp3) is 0.556. The van der Waals surface area contributed by atoms with Crippen LogP contribution in [0.3, 0.4) is 0 Å². The minimum Gasteiger partial charge on any atom is -0.326 e. The number of carbonyl (C=O) groups excluding carboxylic acids is 2. The molecule has 0 saturated carbocycles. The van der Waals surface area contributed by atoms with Crippen LogP contribution in [-0.4, -0.2) is 23.9 Å². The molecule has 0 aromatic heterocycles. The van der Waals surface area contributed by atoms with E-state index in [4.69, 9.17) is 0 Å². The molecule has 3 heterocycles. The van der Waals surface area contributed by atoms with Gasteiger partial charge in [0.15, 0.2) is 0 Å². The Labute approximate surface area is 136 Å². The van der Waals surface area contributed by atoms with E-state index in [1.165, 1.54) is 12.8 Å². The zero-order valence-corrected chi connectivity index (χ0v) is 13.2. The van der Waals surface area contributed by atoms with Crippen LogP contribution < -0.4 is 16.0 Å². The number of rotatable bonds is 3. The lowest BCUT2D eigenvalue weighted by molar-refractivity contribution is -0.117. The van der Waals surface area contributed by atoms with E-state index in [0.29, 0.717) is 30.8 Å². The molecule has 5 heteroatoms. The van der Waals surface area contributed by atoms with Gasteiger partial charge in [0.2, 0.25) is 11.8 Å². The third-order valence-electron chi connectivity index (χ3n) is 5.33. The van der Waals surface area contributed by atoms with E-state index in [1.54, 1.807) is 0 Å². The molecule has 0 radical (unpaired) electrons. The second-order valence-corrected chi connectivity index (χ2v) is 7.15. The van der Waals surface area contributed by atoms with E-state index in [-0.39, 0.29) is 11.8 Å². The minimum atomic E-state index is 0.0647. The SMILES string of the molecule is O=C(CC1CC2CCC(C1)N2)Nc1ccc2c(c1)CCC(=O)N2. The van der Waals surface area contributed by atoms with Crippen molar-refractivity contribution in [3.8, 4) is 0 Å². The summed E-state index contributed by atoms with van der Waals surface area (Å²) < 4.78 is 0. The predicted octanol–water partition coefficient (Wildman–Crippen LogP) is 2.43. The van der Waals surface area contributed by atoms with Gasteiger partial charge < -0.3 is 16.0 Å². The largest absolute Gasteiger partial charge is 0.326 e. The monoisotopic (exact) mass is 313 g/mol. The number of amides is 2. The first-order valence-corrected chi connectivity index (χ1v) is 8.64. The van der Waals surface area contributed by atoms with Gasteiger partial charge in [-0.1, -0.05) is 0 Å². The van der Waals surface area contributed by atoms with Crippen LogP contribution >= 0.6 is 0 Å². The average molecular weight is 313 g/mol. The van der Waals surface area contributed by atoms with E-state index in [1.807, 2.05) is 18.2 Å². The van der Waals surface area contributed by atoms with E-state index < -0.39 is 0 Å². The molecule has 4 rings (SSSR count). The molecule has 2 amide bonds. The van der Waals surface area contributed by atoms with Gasteiger partial charge in [0.1, 0.15) is 0 Å². The van der Waals surface area contributed by atoms with Crippen LogP contribution in [0, 0.1) is 5.92 Å². The summed E-state index contributed by atoms with van der Waals surface area (Å²) >= 11 is 0. The summed E-state index contributed by atoms with van der Waals surface area (Å²) in [7, 11) is 0. The second-order valence-electron chi connectivity index (χ2n) is 7.15. The summed E-state index contributed by atoms with van der Waals surface area (Å²) in [5.41, 5.74) is 2.80. The van der Waals surface area contributed by atoms with Gasteiger partial charge in [0.25, 0.3) is 0 Å². The summed E-state index contributed by atoms with van der Waals surface area (Å²) in [6.45, 7) is 0. The third-order valence-corrected chi connectivity index (χ3v) is 5.33. The summed E-state index contributed by atoms with van der Waals surface area (Å²) in [6, 6.07) is 6.98. The van der Waals surface area contributed by atoms with Crippen LogP contribution in [-0.2, 0) is 16.0 Å². The molecule has 3 aliphatic heterocycles. The molecule has 3 aliphatic rings. The Morgan fingerprint density at radius 2 is 1.96 bits per heavy atom. The Morgan fingerprint density at radius 3 is 2.74 bits per heavy atom. The summed E-state index contributed by atoms with van der Waals surface area (Å²) in [6.07, 6.45) is 6.65. The minimum absolute atomic E-state index is 0.0647. The summed E-state index contributed by atoms with van der Waals surface area (Å²) in [5, 5.41) is 9.51. The van der Waals surface area contributed by atoms with Gasteiger partial charge >= 0.3 is 0 Å². The first kappa shape index (κ1) is 14.7. The Balaban J connectivity index is 1.36. The standard InChI is InChI=1S/C18H23N3O2/c22-17-6-1-12-10-15(4-5-16(12)21-17)20-18(23)9-11-7-13-2-3-14(8-11)19-13/h4-5,10-11,13-14,19H,1-3,6-9H2,(H,20,23)(H,21,22). The summed E-state index contributed by atoms with van der Waals surface area (Å²) in [5.74, 6) is 0.677. The number of aryl methyl sites for hydroxylation is 1. The number of fused-ring (bicyclic) bond motifs is 3. The van der Waals surface area contributed by atoms with Crippen molar-refractivity contribution in [2.45, 2.75) is 57.0 Å². The fourth-order valence-corrected chi connectivity index (χ4v) is 4.28. The second kappa shape index (κ2) is 5.96. The molecule has 1 aromatic rings. The molecule has 5 nitrogen and oxygen atoms in total. The zero-order chi connectivity index (χ0) is 15.8. The highest BCUT2D eigenvalue weighted by Crippen LogP contribution is 2.33. The van der Waals surface area contributed by atoms with Crippen molar-refractivity contribution in [2.24, 2.45) is 5.92 Å². The number of hydrogen-bond donors (Lipinski definition) is 3. The molecular formula is C18H23N3O2. The Kier molecular flexibility index (Phi) is 3.81. The van der Waals surface area contributed by atoms with Gasteiger partial charge in [-0.15, -0.1) is 0 Å². The number of hydrogen-bond acceptors (Lipinski definition) is 3. The van der Waals surface area contributed by atoms with Crippen molar-refractivity contribution in [2.75, 3.05) is 10.6 Å². The maximum absolute atomic E-state index is 12.3. The number of piperidine rings is 1. The Morgan fingerprint density at radius 1 is 1.17 bits per heavy atom. The maximum Gasteiger partial charge on any atom is 0.224 e. The molecule has 23 heavy (non-hydrogen) atoms. The van der Waals surface area contributed by atoms with E-state index >= 15 is 0 Å². The molecule has 0 aliphatic carbocycles. The van der Waals surface area contributed by atoms with Crippen molar-refractivity contribution in [1.29, 1.82) is 0 Å².